The number of aryl methyl sites for hydroxylation is 3. The third-order valence-electron chi connectivity index (χ3n) is 3.47. The second kappa shape index (κ2) is 5.29. The smallest absolute Gasteiger partial charge is 0.352 e. The van der Waals surface area contributed by atoms with Gasteiger partial charge in [-0.25, -0.2) is 4.98 Å². The topological polar surface area (TPSA) is 78.2 Å². The van der Waals surface area contributed by atoms with Gasteiger partial charge in [-0.1, -0.05) is 6.07 Å². The number of nitrogens with zero attached hydrogens (tertiary/aromatic N) is 3. The largest absolute Gasteiger partial charge is 0.434 e. The molecular weight excluding hydrogens is 294 g/mol. The van der Waals surface area contributed by atoms with Gasteiger partial charge in [-0.3, -0.25) is 10.1 Å². The van der Waals surface area contributed by atoms with Gasteiger partial charge in [0.25, 0.3) is 0 Å². The number of rotatable bonds is 3. The molecule has 1 aliphatic rings. The lowest BCUT2D eigenvalue weighted by Gasteiger charge is -2.08. The molecule has 0 atom stereocenters. The first-order valence-corrected chi connectivity index (χ1v) is 6.90. The Morgan fingerprint density at radius 1 is 1.29 bits per heavy atom. The maximum Gasteiger partial charge on any atom is 0.352 e. The molecule has 21 heavy (non-hydrogen) atoms. The predicted molar refractivity (Wildman–Crippen MR) is 77.0 cm³/mol. The number of aromatic nitrogens is 2. The molecule has 7 heteroatoms. The van der Waals surface area contributed by atoms with Crippen molar-refractivity contribution in [3.8, 4) is 11.6 Å². The Morgan fingerprint density at radius 3 is 2.81 bits per heavy atom. The van der Waals surface area contributed by atoms with Gasteiger partial charge in [0, 0.05) is 0 Å². The number of halogens is 1. The zero-order valence-electron chi connectivity index (χ0n) is 11.3. The molecule has 2 aromatic rings. The summed E-state index contributed by atoms with van der Waals surface area (Å²) in [6, 6.07) is 5.68. The van der Waals surface area contributed by atoms with Crippen LogP contribution in [-0.4, -0.2) is 14.9 Å². The van der Waals surface area contributed by atoms with E-state index in [-0.39, 0.29) is 22.5 Å². The molecule has 0 radical (unpaired) electrons. The van der Waals surface area contributed by atoms with Gasteiger partial charge in [0.05, 0.1) is 4.92 Å². The number of fused-ring (bicyclic) bond motifs is 1. The second-order valence-electron chi connectivity index (χ2n) is 4.88. The van der Waals surface area contributed by atoms with Crippen molar-refractivity contribution in [2.75, 3.05) is 0 Å². The van der Waals surface area contributed by atoms with Crippen molar-refractivity contribution in [2.45, 2.75) is 26.2 Å². The van der Waals surface area contributed by atoms with Crippen molar-refractivity contribution in [1.82, 2.24) is 9.97 Å². The van der Waals surface area contributed by atoms with Crippen LogP contribution in [0.5, 0.6) is 11.6 Å². The zero-order valence-corrected chi connectivity index (χ0v) is 12.1. The summed E-state index contributed by atoms with van der Waals surface area (Å²) in [6.07, 6.45) is 3.18. The summed E-state index contributed by atoms with van der Waals surface area (Å²) in [7, 11) is 0. The highest BCUT2D eigenvalue weighted by Gasteiger charge is 2.24. The number of ether oxygens (including phenoxy) is 1. The molecule has 108 valence electrons. The summed E-state index contributed by atoms with van der Waals surface area (Å²) < 4.78 is 5.58. The van der Waals surface area contributed by atoms with Crippen molar-refractivity contribution >= 4 is 17.3 Å². The molecule has 0 bridgehead atoms. The molecule has 1 aromatic carbocycles. The number of benzene rings is 1. The van der Waals surface area contributed by atoms with E-state index in [1.54, 1.807) is 6.07 Å². The minimum absolute atomic E-state index is 0.0748. The maximum atomic E-state index is 11.1. The van der Waals surface area contributed by atoms with Crippen LogP contribution in [0, 0.1) is 17.0 Å². The maximum absolute atomic E-state index is 11.1. The van der Waals surface area contributed by atoms with Gasteiger partial charge in [-0.15, -0.1) is 0 Å². The summed E-state index contributed by atoms with van der Waals surface area (Å²) in [5.74, 6) is 0.392. The first kappa shape index (κ1) is 13.8. The van der Waals surface area contributed by atoms with Crippen molar-refractivity contribution in [2.24, 2.45) is 0 Å². The van der Waals surface area contributed by atoms with Crippen LogP contribution in [0.2, 0.25) is 5.28 Å². The van der Waals surface area contributed by atoms with Crippen LogP contribution in [-0.2, 0) is 12.8 Å². The molecule has 0 saturated heterocycles. The molecule has 0 amide bonds. The minimum Gasteiger partial charge on any atom is -0.434 e. The van der Waals surface area contributed by atoms with E-state index in [4.69, 9.17) is 16.3 Å². The van der Waals surface area contributed by atoms with E-state index in [1.165, 1.54) is 18.1 Å². The van der Waals surface area contributed by atoms with Crippen LogP contribution in [0.4, 0.5) is 5.69 Å². The molecule has 0 fully saturated rings. The Balaban J connectivity index is 1.99. The van der Waals surface area contributed by atoms with Gasteiger partial charge < -0.3 is 4.74 Å². The zero-order chi connectivity index (χ0) is 15.0. The van der Waals surface area contributed by atoms with E-state index in [1.807, 2.05) is 12.1 Å². The SMILES string of the molecule is Cc1nc(Cl)nc(Oc2ccc3c(c2)CCC3)c1[N+](=O)[O-]. The number of hydrogen-bond acceptors (Lipinski definition) is 5. The van der Waals surface area contributed by atoms with Crippen LogP contribution in [0.15, 0.2) is 18.2 Å². The highest BCUT2D eigenvalue weighted by atomic mass is 35.5. The first-order valence-electron chi connectivity index (χ1n) is 6.53. The third kappa shape index (κ3) is 2.67. The van der Waals surface area contributed by atoms with E-state index in [2.05, 4.69) is 9.97 Å². The average Bonchev–Trinajstić information content (AvgIpc) is 2.84. The quantitative estimate of drug-likeness (QED) is 0.491. The summed E-state index contributed by atoms with van der Waals surface area (Å²) in [4.78, 5) is 18.2. The van der Waals surface area contributed by atoms with E-state index >= 15 is 0 Å². The molecule has 0 unspecified atom stereocenters. The highest BCUT2D eigenvalue weighted by molar-refractivity contribution is 6.28. The first-order chi connectivity index (χ1) is 10.0. The lowest BCUT2D eigenvalue weighted by molar-refractivity contribution is -0.386. The van der Waals surface area contributed by atoms with E-state index in [0.29, 0.717) is 5.75 Å². The number of hydrogen-bond donors (Lipinski definition) is 0. The predicted octanol–water partition coefficient (Wildman–Crippen LogP) is 3.63. The summed E-state index contributed by atoms with van der Waals surface area (Å²) >= 11 is 5.76. The normalized spacial score (nSPS) is 13.0. The fourth-order valence-corrected chi connectivity index (χ4v) is 2.72. The average molecular weight is 306 g/mol. The third-order valence-corrected chi connectivity index (χ3v) is 3.64. The van der Waals surface area contributed by atoms with Gasteiger partial charge in [-0.05, 0) is 61.0 Å². The Bertz CT molecular complexity index is 734. The summed E-state index contributed by atoms with van der Waals surface area (Å²) in [6.45, 7) is 1.50. The van der Waals surface area contributed by atoms with E-state index in [9.17, 15) is 10.1 Å². The summed E-state index contributed by atoms with van der Waals surface area (Å²) in [5.41, 5.74) is 2.43. The van der Waals surface area contributed by atoms with Crippen LogP contribution in [0.3, 0.4) is 0 Å². The molecule has 6 nitrogen and oxygen atoms in total. The molecule has 1 heterocycles. The van der Waals surface area contributed by atoms with E-state index < -0.39 is 4.92 Å². The van der Waals surface area contributed by atoms with Crippen LogP contribution in [0.1, 0.15) is 23.2 Å². The minimum atomic E-state index is -0.561. The van der Waals surface area contributed by atoms with Crippen molar-refractivity contribution in [3.63, 3.8) is 0 Å². The summed E-state index contributed by atoms with van der Waals surface area (Å²) in [5, 5.41) is 11.1. The molecule has 3 rings (SSSR count). The van der Waals surface area contributed by atoms with Crippen molar-refractivity contribution in [3.05, 3.63) is 50.4 Å². The molecule has 1 aliphatic carbocycles. The molecule has 0 spiro atoms. The highest BCUT2D eigenvalue weighted by Crippen LogP contribution is 2.34. The Kier molecular flexibility index (Phi) is 3.47. The van der Waals surface area contributed by atoms with Gasteiger partial charge in [0.2, 0.25) is 5.28 Å². The lowest BCUT2D eigenvalue weighted by Crippen LogP contribution is -2.01. The molecule has 0 N–H and O–H groups in total. The molecule has 0 saturated carbocycles. The fraction of sp³-hybridized carbons (Fsp3) is 0.286. The Morgan fingerprint density at radius 2 is 2.05 bits per heavy atom. The Hall–Kier alpha value is -2.21. The number of nitro groups is 1. The molecular formula is C14H12ClN3O3. The van der Waals surface area contributed by atoms with E-state index in [0.717, 1.165) is 19.3 Å². The fourth-order valence-electron chi connectivity index (χ4n) is 2.51. The standard InChI is InChI=1S/C14H12ClN3O3/c1-8-12(18(19)20)13(17-14(15)16-8)21-11-6-5-9-3-2-4-10(9)7-11/h5-7H,2-4H2,1H3. The van der Waals surface area contributed by atoms with Crippen molar-refractivity contribution in [1.29, 1.82) is 0 Å². The van der Waals surface area contributed by atoms with Crippen LogP contribution in [0.25, 0.3) is 0 Å². The van der Waals surface area contributed by atoms with Crippen LogP contribution < -0.4 is 4.74 Å². The monoisotopic (exact) mass is 305 g/mol. The second-order valence-corrected chi connectivity index (χ2v) is 5.21. The van der Waals surface area contributed by atoms with Gasteiger partial charge >= 0.3 is 11.6 Å². The van der Waals surface area contributed by atoms with Gasteiger partial charge in [0.15, 0.2) is 0 Å². The van der Waals surface area contributed by atoms with Gasteiger partial charge in [0.1, 0.15) is 11.4 Å². The van der Waals surface area contributed by atoms with Gasteiger partial charge in [-0.2, -0.15) is 4.98 Å². The lowest BCUT2D eigenvalue weighted by atomic mass is 10.1. The van der Waals surface area contributed by atoms with Crippen LogP contribution >= 0.6 is 11.6 Å². The Labute approximate surface area is 125 Å². The molecule has 1 aromatic heterocycles. The van der Waals surface area contributed by atoms with Crippen molar-refractivity contribution < 1.29 is 9.66 Å². The molecule has 0 aliphatic heterocycles.